The van der Waals surface area contributed by atoms with Gasteiger partial charge in [-0.2, -0.15) is 0 Å². The van der Waals surface area contributed by atoms with Crippen molar-refractivity contribution in [3.05, 3.63) is 65.2 Å². The van der Waals surface area contributed by atoms with E-state index < -0.39 is 5.97 Å². The highest BCUT2D eigenvalue weighted by molar-refractivity contribution is 6.29. The average molecular weight is 636 g/mol. The van der Waals surface area contributed by atoms with Crippen LogP contribution in [0.3, 0.4) is 0 Å². The molecule has 0 radical (unpaired) electrons. The van der Waals surface area contributed by atoms with Crippen molar-refractivity contribution >= 4 is 35.0 Å². The third-order valence-corrected chi connectivity index (χ3v) is 8.56. The largest absolute Gasteiger partial charge is 0.497 e. The normalized spacial score (nSPS) is 16.2. The molecule has 1 unspecified atom stereocenters. The topological polar surface area (TPSA) is 118 Å². The van der Waals surface area contributed by atoms with Crippen molar-refractivity contribution in [1.29, 1.82) is 0 Å². The quantitative estimate of drug-likeness (QED) is 0.238. The van der Waals surface area contributed by atoms with Crippen LogP contribution in [0.25, 0.3) is 0 Å². The number of ether oxygens (including phenoxy) is 2. The molecule has 0 bridgehead atoms. The fraction of sp³-hybridized carbons (Fsp3) is 0.500. The smallest absolute Gasteiger partial charge is 0.303 e. The molecule has 3 aromatic rings. The maximum atomic E-state index is 14.2. The maximum Gasteiger partial charge on any atom is 0.303 e. The molecule has 11 heteroatoms. The Morgan fingerprint density at radius 2 is 1.87 bits per heavy atom. The summed E-state index contributed by atoms with van der Waals surface area (Å²) in [7, 11) is 1.62. The van der Waals surface area contributed by atoms with E-state index in [0.717, 1.165) is 50.0 Å². The molecule has 1 aliphatic carbocycles. The zero-order chi connectivity index (χ0) is 32.1. The standard InChI is InChI=1S/C34H42ClN5O5/c1-34(2,3)21-40(30-19-36-18-29(35)38-30)33(43)26-8-7-25(44-4)16-28(26)39-13-10-22(11-14-39)20-45-31-15-24(9-12-37-31)27(17-32(41)42)23-5-6-23/h7-9,12,15-16,18-19,22-23,27H,5-6,10-11,13-14,17,20-21H2,1-4H3,(H,41,42). The summed E-state index contributed by atoms with van der Waals surface area (Å²) in [5.74, 6) is 1.40. The summed E-state index contributed by atoms with van der Waals surface area (Å²) < 4.78 is 11.7. The van der Waals surface area contributed by atoms with Crippen molar-refractivity contribution in [3.8, 4) is 11.6 Å². The number of nitrogens with zero attached hydrogens (tertiary/aromatic N) is 5. The number of pyridine rings is 1. The molecule has 1 aromatic carbocycles. The van der Waals surface area contributed by atoms with Gasteiger partial charge in [-0.25, -0.2) is 9.97 Å². The van der Waals surface area contributed by atoms with Gasteiger partial charge in [0, 0.05) is 38.0 Å². The number of aliphatic carboxylic acids is 1. The van der Waals surface area contributed by atoms with Crippen molar-refractivity contribution in [1.82, 2.24) is 15.0 Å². The van der Waals surface area contributed by atoms with Gasteiger partial charge in [-0.05, 0) is 72.6 Å². The van der Waals surface area contributed by atoms with Gasteiger partial charge in [0.05, 0.1) is 43.8 Å². The molecule has 1 saturated heterocycles. The number of carbonyl (C=O) groups is 2. The highest BCUT2D eigenvalue weighted by atomic mass is 35.5. The Balaban J connectivity index is 1.28. The lowest BCUT2D eigenvalue weighted by Gasteiger charge is -2.36. The Morgan fingerprint density at radius 3 is 2.51 bits per heavy atom. The van der Waals surface area contributed by atoms with E-state index in [-0.39, 0.29) is 28.8 Å². The zero-order valence-corrected chi connectivity index (χ0v) is 27.2. The highest BCUT2D eigenvalue weighted by Crippen LogP contribution is 2.45. The second kappa shape index (κ2) is 14.0. The van der Waals surface area contributed by atoms with Gasteiger partial charge in [-0.3, -0.25) is 19.5 Å². The number of anilines is 2. The molecule has 240 valence electrons. The number of carboxylic acids is 1. The number of carboxylic acid groups (broad SMARTS) is 1. The van der Waals surface area contributed by atoms with E-state index in [0.29, 0.717) is 48.0 Å². The first kappa shape index (κ1) is 32.5. The molecule has 1 atom stereocenters. The number of aromatic nitrogens is 3. The van der Waals surface area contributed by atoms with E-state index in [4.69, 9.17) is 21.1 Å². The van der Waals surface area contributed by atoms with Crippen molar-refractivity contribution in [2.45, 2.75) is 58.8 Å². The summed E-state index contributed by atoms with van der Waals surface area (Å²) in [6.45, 7) is 8.65. The lowest BCUT2D eigenvalue weighted by molar-refractivity contribution is -0.137. The monoisotopic (exact) mass is 635 g/mol. The van der Waals surface area contributed by atoms with E-state index in [1.807, 2.05) is 30.3 Å². The Kier molecular flexibility index (Phi) is 10.1. The molecule has 3 heterocycles. The molecular formula is C34H42ClN5O5. The Morgan fingerprint density at radius 1 is 1.11 bits per heavy atom. The van der Waals surface area contributed by atoms with Crippen LogP contribution in [0.5, 0.6) is 11.6 Å². The predicted octanol–water partition coefficient (Wildman–Crippen LogP) is 6.49. The minimum atomic E-state index is -0.779. The van der Waals surface area contributed by atoms with Gasteiger partial charge in [0.1, 0.15) is 10.9 Å². The molecule has 1 saturated carbocycles. The van der Waals surface area contributed by atoms with Crippen LogP contribution >= 0.6 is 11.6 Å². The van der Waals surface area contributed by atoms with Gasteiger partial charge in [0.15, 0.2) is 5.82 Å². The van der Waals surface area contributed by atoms with Crippen molar-refractivity contribution in [2.75, 3.05) is 43.2 Å². The van der Waals surface area contributed by atoms with E-state index in [1.165, 1.54) is 6.20 Å². The number of methoxy groups -OCH3 is 1. The van der Waals surface area contributed by atoms with Gasteiger partial charge in [0.25, 0.3) is 5.91 Å². The SMILES string of the molecule is COc1ccc(C(=O)N(CC(C)(C)C)c2cncc(Cl)n2)c(N2CCC(COc3cc(C(CC(=O)O)C4CC4)ccn3)CC2)c1. The minimum Gasteiger partial charge on any atom is -0.497 e. The molecule has 1 amide bonds. The lowest BCUT2D eigenvalue weighted by Crippen LogP contribution is -2.41. The number of amides is 1. The molecule has 5 rings (SSSR count). The van der Waals surface area contributed by atoms with Crippen molar-refractivity contribution in [2.24, 2.45) is 17.3 Å². The average Bonchev–Trinajstić information content (AvgIpc) is 3.86. The van der Waals surface area contributed by atoms with Crippen LogP contribution in [0.2, 0.25) is 5.15 Å². The van der Waals surface area contributed by atoms with Gasteiger partial charge in [0.2, 0.25) is 5.88 Å². The Labute approximate surface area is 269 Å². The van der Waals surface area contributed by atoms with Gasteiger partial charge < -0.3 is 19.5 Å². The highest BCUT2D eigenvalue weighted by Gasteiger charge is 2.34. The van der Waals surface area contributed by atoms with Crippen LogP contribution in [0.15, 0.2) is 48.9 Å². The first-order chi connectivity index (χ1) is 21.5. The summed E-state index contributed by atoms with van der Waals surface area (Å²) in [4.78, 5) is 42.5. The van der Waals surface area contributed by atoms with E-state index in [2.05, 4.69) is 40.6 Å². The van der Waals surface area contributed by atoms with Crippen molar-refractivity contribution < 1.29 is 24.2 Å². The van der Waals surface area contributed by atoms with Gasteiger partial charge in [-0.15, -0.1) is 0 Å². The second-order valence-electron chi connectivity index (χ2n) is 13.2. The predicted molar refractivity (Wildman–Crippen MR) is 174 cm³/mol. The first-order valence-electron chi connectivity index (χ1n) is 15.5. The number of rotatable bonds is 12. The summed E-state index contributed by atoms with van der Waals surface area (Å²) in [5, 5.41) is 9.62. The molecule has 1 aliphatic heterocycles. The maximum absolute atomic E-state index is 14.2. The lowest BCUT2D eigenvalue weighted by atomic mass is 9.92. The summed E-state index contributed by atoms with van der Waals surface area (Å²) in [6.07, 6.45) is 8.74. The fourth-order valence-electron chi connectivity index (χ4n) is 5.94. The molecule has 2 fully saturated rings. The Hall–Kier alpha value is -3.92. The first-order valence-corrected chi connectivity index (χ1v) is 15.9. The van der Waals surface area contributed by atoms with Gasteiger partial charge in [-0.1, -0.05) is 32.4 Å². The molecule has 0 spiro atoms. The summed E-state index contributed by atoms with van der Waals surface area (Å²) in [5.41, 5.74) is 2.16. The summed E-state index contributed by atoms with van der Waals surface area (Å²) in [6, 6.07) is 9.36. The number of hydrogen-bond acceptors (Lipinski definition) is 8. The third-order valence-electron chi connectivity index (χ3n) is 8.38. The van der Waals surface area contributed by atoms with Crippen LogP contribution in [-0.4, -0.2) is 65.3 Å². The number of halogens is 1. The van der Waals surface area contributed by atoms with Crippen LogP contribution < -0.4 is 19.3 Å². The third kappa shape index (κ3) is 8.63. The molecular weight excluding hydrogens is 594 g/mol. The minimum absolute atomic E-state index is 0.00102. The van der Waals surface area contributed by atoms with Crippen molar-refractivity contribution in [3.63, 3.8) is 0 Å². The van der Waals surface area contributed by atoms with E-state index in [9.17, 15) is 14.7 Å². The van der Waals surface area contributed by atoms with Crippen LogP contribution in [-0.2, 0) is 4.79 Å². The Bertz CT molecular complexity index is 1500. The number of benzene rings is 1. The second-order valence-corrected chi connectivity index (χ2v) is 13.6. The van der Waals surface area contributed by atoms with Crippen LogP contribution in [0.1, 0.15) is 74.7 Å². The molecule has 10 nitrogen and oxygen atoms in total. The van der Waals surface area contributed by atoms with Gasteiger partial charge >= 0.3 is 5.97 Å². The number of carbonyl (C=O) groups excluding carboxylic acids is 1. The molecule has 2 aromatic heterocycles. The number of hydrogen-bond donors (Lipinski definition) is 1. The van der Waals surface area contributed by atoms with E-state index >= 15 is 0 Å². The van der Waals surface area contributed by atoms with E-state index in [1.54, 1.807) is 24.4 Å². The molecule has 2 aliphatic rings. The zero-order valence-electron chi connectivity index (χ0n) is 26.4. The fourth-order valence-corrected chi connectivity index (χ4v) is 6.08. The van der Waals surface area contributed by atoms with Crippen LogP contribution in [0.4, 0.5) is 11.5 Å². The molecule has 45 heavy (non-hydrogen) atoms. The molecule has 1 N–H and O–H groups in total. The number of piperidine rings is 1. The summed E-state index contributed by atoms with van der Waals surface area (Å²) >= 11 is 6.16. The van der Waals surface area contributed by atoms with Crippen LogP contribution in [0, 0.1) is 17.3 Å².